The molecule has 4 rings (SSSR count). The molecule has 1 saturated heterocycles. The fourth-order valence-electron chi connectivity index (χ4n) is 3.69. The summed E-state index contributed by atoms with van der Waals surface area (Å²) in [6.45, 7) is 2.34. The number of halogens is 1. The molecule has 170 valence electrons. The van der Waals surface area contributed by atoms with E-state index in [1.165, 1.54) is 12.1 Å². The van der Waals surface area contributed by atoms with Gasteiger partial charge in [0.05, 0.1) is 18.7 Å². The smallest absolute Gasteiger partial charge is 0.254 e. The molecule has 0 aliphatic carbocycles. The molecule has 2 heterocycles. The molecule has 1 fully saturated rings. The summed E-state index contributed by atoms with van der Waals surface area (Å²) in [6.07, 6.45) is 5.58. The summed E-state index contributed by atoms with van der Waals surface area (Å²) in [6, 6.07) is 13.4. The van der Waals surface area contributed by atoms with E-state index in [0.717, 1.165) is 5.56 Å². The molecule has 3 aromatic rings. The topological polar surface area (TPSA) is 75.6 Å². The second-order valence-corrected chi connectivity index (χ2v) is 7.80. The second kappa shape index (κ2) is 10.7. The zero-order chi connectivity index (χ0) is 23.0. The fourth-order valence-corrected chi connectivity index (χ4v) is 3.69. The molecule has 0 saturated carbocycles. The van der Waals surface area contributed by atoms with Gasteiger partial charge in [-0.05, 0) is 35.9 Å². The summed E-state index contributed by atoms with van der Waals surface area (Å²) >= 11 is 0. The summed E-state index contributed by atoms with van der Waals surface area (Å²) in [5.74, 6) is 0.251. The Bertz CT molecular complexity index is 1080. The highest BCUT2D eigenvalue weighted by Gasteiger charge is 2.25. The largest absolute Gasteiger partial charge is 0.493 e. The van der Waals surface area contributed by atoms with Crippen LogP contribution < -0.4 is 4.74 Å². The lowest BCUT2D eigenvalue weighted by Crippen LogP contribution is -2.51. The van der Waals surface area contributed by atoms with Crippen molar-refractivity contribution in [1.82, 2.24) is 19.8 Å². The lowest BCUT2D eigenvalue weighted by Gasteiger charge is -2.34. The van der Waals surface area contributed by atoms with Crippen molar-refractivity contribution in [2.45, 2.75) is 12.8 Å². The lowest BCUT2D eigenvalue weighted by atomic mass is 10.1. The first-order valence-electron chi connectivity index (χ1n) is 10.9. The van der Waals surface area contributed by atoms with Crippen LogP contribution in [0.1, 0.15) is 21.6 Å². The minimum Gasteiger partial charge on any atom is -0.493 e. The molecule has 0 unspecified atom stereocenters. The van der Waals surface area contributed by atoms with Gasteiger partial charge in [-0.2, -0.15) is 0 Å². The van der Waals surface area contributed by atoms with Crippen molar-refractivity contribution in [3.05, 3.63) is 89.8 Å². The van der Waals surface area contributed by atoms with E-state index in [-0.39, 0.29) is 24.1 Å². The predicted molar refractivity (Wildman–Crippen MR) is 120 cm³/mol. The van der Waals surface area contributed by atoms with Gasteiger partial charge in [0.2, 0.25) is 5.91 Å². The van der Waals surface area contributed by atoms with E-state index in [9.17, 15) is 14.0 Å². The maximum Gasteiger partial charge on any atom is 0.254 e. The van der Waals surface area contributed by atoms with Crippen LogP contribution in [-0.2, 0) is 17.6 Å². The van der Waals surface area contributed by atoms with Crippen LogP contribution in [0.2, 0.25) is 0 Å². The highest BCUT2D eigenvalue weighted by molar-refractivity contribution is 5.94. The van der Waals surface area contributed by atoms with Gasteiger partial charge in [0, 0.05) is 56.8 Å². The summed E-state index contributed by atoms with van der Waals surface area (Å²) in [5.41, 5.74) is 2.17. The standard InChI is InChI=1S/C25H25FN4O3/c26-21-6-4-19(5-7-21)8-15-33-23-3-1-2-20(16-23)25(32)30-13-11-29(12-14-30)24(31)17-22-18-27-9-10-28-22/h1-7,9-10,16,18H,8,11-15,17H2. The number of ether oxygens (including phenoxy) is 1. The molecule has 7 nitrogen and oxygen atoms in total. The Hall–Kier alpha value is -3.81. The number of rotatable bonds is 7. The van der Waals surface area contributed by atoms with Crippen LogP contribution in [0.25, 0.3) is 0 Å². The zero-order valence-corrected chi connectivity index (χ0v) is 18.2. The maximum absolute atomic E-state index is 13.0. The molecule has 0 bridgehead atoms. The van der Waals surface area contributed by atoms with Crippen LogP contribution in [0.3, 0.4) is 0 Å². The SMILES string of the molecule is O=C(Cc1cnccn1)N1CCN(C(=O)c2cccc(OCCc3ccc(F)cc3)c2)CC1. The van der Waals surface area contributed by atoms with E-state index < -0.39 is 0 Å². The van der Waals surface area contributed by atoms with Crippen LogP contribution in [0.15, 0.2) is 67.1 Å². The number of amides is 2. The minimum absolute atomic E-state index is 0.0147. The van der Waals surface area contributed by atoms with Crippen molar-refractivity contribution in [1.29, 1.82) is 0 Å². The second-order valence-electron chi connectivity index (χ2n) is 7.80. The Morgan fingerprint density at radius 2 is 1.73 bits per heavy atom. The first-order chi connectivity index (χ1) is 16.1. The van der Waals surface area contributed by atoms with E-state index >= 15 is 0 Å². The van der Waals surface area contributed by atoms with E-state index in [4.69, 9.17) is 4.74 Å². The van der Waals surface area contributed by atoms with E-state index in [1.54, 1.807) is 58.7 Å². The molecule has 2 aromatic carbocycles. The molecular formula is C25H25FN4O3. The van der Waals surface area contributed by atoms with Gasteiger partial charge in [-0.15, -0.1) is 0 Å². The Morgan fingerprint density at radius 3 is 2.45 bits per heavy atom. The van der Waals surface area contributed by atoms with Crippen LogP contribution >= 0.6 is 0 Å². The van der Waals surface area contributed by atoms with Crippen molar-refractivity contribution >= 4 is 11.8 Å². The number of benzene rings is 2. The Morgan fingerprint density at radius 1 is 0.970 bits per heavy atom. The van der Waals surface area contributed by atoms with E-state index in [0.29, 0.717) is 56.2 Å². The summed E-state index contributed by atoms with van der Waals surface area (Å²) in [4.78, 5) is 37.1. The highest BCUT2D eigenvalue weighted by atomic mass is 19.1. The Labute approximate surface area is 191 Å². The van der Waals surface area contributed by atoms with Crippen molar-refractivity contribution in [2.24, 2.45) is 0 Å². The number of hydrogen-bond donors (Lipinski definition) is 0. The molecular weight excluding hydrogens is 423 g/mol. The third-order valence-corrected chi connectivity index (χ3v) is 5.52. The molecule has 1 aliphatic rings. The zero-order valence-electron chi connectivity index (χ0n) is 18.2. The van der Waals surface area contributed by atoms with Gasteiger partial charge in [0.15, 0.2) is 0 Å². The van der Waals surface area contributed by atoms with Crippen molar-refractivity contribution in [3.63, 3.8) is 0 Å². The molecule has 0 radical (unpaired) electrons. The monoisotopic (exact) mass is 448 g/mol. The summed E-state index contributed by atoms with van der Waals surface area (Å²) in [7, 11) is 0. The number of nitrogens with zero attached hydrogens (tertiary/aromatic N) is 4. The van der Waals surface area contributed by atoms with Gasteiger partial charge in [-0.1, -0.05) is 18.2 Å². The summed E-state index contributed by atoms with van der Waals surface area (Å²) < 4.78 is 18.8. The minimum atomic E-state index is -0.262. The highest BCUT2D eigenvalue weighted by Crippen LogP contribution is 2.17. The average molecular weight is 448 g/mol. The van der Waals surface area contributed by atoms with Crippen molar-refractivity contribution in [2.75, 3.05) is 32.8 Å². The molecule has 1 aromatic heterocycles. The van der Waals surface area contributed by atoms with Gasteiger partial charge >= 0.3 is 0 Å². The van der Waals surface area contributed by atoms with Crippen LogP contribution in [-0.4, -0.2) is 64.4 Å². The molecule has 0 spiro atoms. The van der Waals surface area contributed by atoms with Crippen LogP contribution in [0.4, 0.5) is 4.39 Å². The first-order valence-corrected chi connectivity index (χ1v) is 10.9. The van der Waals surface area contributed by atoms with Crippen LogP contribution in [0, 0.1) is 5.82 Å². The van der Waals surface area contributed by atoms with Gasteiger partial charge in [0.25, 0.3) is 5.91 Å². The quantitative estimate of drug-likeness (QED) is 0.556. The maximum atomic E-state index is 13.0. The van der Waals surface area contributed by atoms with Gasteiger partial charge < -0.3 is 14.5 Å². The molecule has 0 N–H and O–H groups in total. The predicted octanol–water partition coefficient (Wildman–Crippen LogP) is 2.76. The first kappa shape index (κ1) is 22.4. The van der Waals surface area contributed by atoms with E-state index in [2.05, 4.69) is 9.97 Å². The third-order valence-electron chi connectivity index (χ3n) is 5.52. The van der Waals surface area contributed by atoms with Crippen LogP contribution in [0.5, 0.6) is 5.75 Å². The number of carbonyl (C=O) groups excluding carboxylic acids is 2. The van der Waals surface area contributed by atoms with Crippen molar-refractivity contribution < 1.29 is 18.7 Å². The van der Waals surface area contributed by atoms with Gasteiger partial charge in [-0.3, -0.25) is 19.6 Å². The molecule has 8 heteroatoms. The normalized spacial score (nSPS) is 13.6. The number of carbonyl (C=O) groups is 2. The van der Waals surface area contributed by atoms with E-state index in [1.807, 2.05) is 6.07 Å². The number of hydrogen-bond acceptors (Lipinski definition) is 5. The molecule has 2 amide bonds. The van der Waals surface area contributed by atoms with Crippen molar-refractivity contribution in [3.8, 4) is 5.75 Å². The molecule has 0 atom stereocenters. The Kier molecular flexibility index (Phi) is 7.24. The average Bonchev–Trinajstić information content (AvgIpc) is 2.86. The molecule has 33 heavy (non-hydrogen) atoms. The molecule has 1 aliphatic heterocycles. The third kappa shape index (κ3) is 6.12. The number of piperazine rings is 1. The summed E-state index contributed by atoms with van der Waals surface area (Å²) in [5, 5.41) is 0. The number of aromatic nitrogens is 2. The van der Waals surface area contributed by atoms with Gasteiger partial charge in [0.1, 0.15) is 11.6 Å². The fraction of sp³-hybridized carbons (Fsp3) is 0.280. The Balaban J connectivity index is 1.27. The lowest BCUT2D eigenvalue weighted by molar-refractivity contribution is -0.132. The van der Waals surface area contributed by atoms with Gasteiger partial charge in [-0.25, -0.2) is 4.39 Å².